The molecule has 0 aliphatic carbocycles. The lowest BCUT2D eigenvalue weighted by Gasteiger charge is -2.13. The molecule has 0 aliphatic heterocycles. The monoisotopic (exact) mass is 469 g/mol. The number of halogens is 2. The van der Waals surface area contributed by atoms with Gasteiger partial charge in [-0.15, -0.1) is 11.8 Å². The first-order chi connectivity index (χ1) is 15.8. The zero-order chi connectivity index (χ0) is 23.8. The number of carbonyl (C=O) groups excluding carboxylic acids is 3. The molecule has 1 atom stereocenters. The number of benzene rings is 3. The molecule has 3 N–H and O–H groups in total. The van der Waals surface area contributed by atoms with Gasteiger partial charge in [0, 0.05) is 22.6 Å². The molecule has 6 nitrogen and oxygen atoms in total. The number of nitrogens with one attached hydrogen (secondary N) is 3. The third-order valence-electron chi connectivity index (χ3n) is 4.44. The Morgan fingerprint density at radius 3 is 2.15 bits per heavy atom. The fraction of sp³-hybridized carbons (Fsp3) is 0.125. The third-order valence-corrected chi connectivity index (χ3v) is 5.58. The predicted molar refractivity (Wildman–Crippen MR) is 126 cm³/mol. The van der Waals surface area contributed by atoms with Crippen molar-refractivity contribution in [3.8, 4) is 0 Å². The van der Waals surface area contributed by atoms with Crippen LogP contribution in [0, 0.1) is 11.6 Å². The molecule has 3 aromatic carbocycles. The molecule has 0 saturated heterocycles. The highest BCUT2D eigenvalue weighted by molar-refractivity contribution is 8.01. The van der Waals surface area contributed by atoms with E-state index in [2.05, 4.69) is 16.0 Å². The highest BCUT2D eigenvalue weighted by atomic mass is 32.2. The zero-order valence-corrected chi connectivity index (χ0v) is 18.4. The molecule has 0 aromatic heterocycles. The first kappa shape index (κ1) is 23.9. The Balaban J connectivity index is 1.51. The summed E-state index contributed by atoms with van der Waals surface area (Å²) in [6, 6.07) is 17.2. The first-order valence-electron chi connectivity index (χ1n) is 9.95. The number of thioether (sulfide) groups is 1. The lowest BCUT2D eigenvalue weighted by Crippen LogP contribution is -2.25. The van der Waals surface area contributed by atoms with Crippen LogP contribution in [0.15, 0.2) is 72.8 Å². The van der Waals surface area contributed by atoms with Crippen molar-refractivity contribution < 1.29 is 23.2 Å². The highest BCUT2D eigenvalue weighted by Gasteiger charge is 2.16. The van der Waals surface area contributed by atoms with Crippen molar-refractivity contribution >= 4 is 46.5 Å². The van der Waals surface area contributed by atoms with Crippen LogP contribution in [0.2, 0.25) is 0 Å². The van der Waals surface area contributed by atoms with Crippen LogP contribution in [0.25, 0.3) is 0 Å². The summed E-state index contributed by atoms with van der Waals surface area (Å²) in [4.78, 5) is 37.0. The second kappa shape index (κ2) is 11.2. The average Bonchev–Trinajstić information content (AvgIpc) is 2.79. The van der Waals surface area contributed by atoms with Gasteiger partial charge in [-0.2, -0.15) is 0 Å². The van der Waals surface area contributed by atoms with Crippen molar-refractivity contribution in [1.29, 1.82) is 0 Å². The second-order valence-electron chi connectivity index (χ2n) is 7.04. The number of anilines is 3. The van der Waals surface area contributed by atoms with Crippen molar-refractivity contribution in [3.05, 3.63) is 90.0 Å². The van der Waals surface area contributed by atoms with Crippen LogP contribution in [0.1, 0.15) is 17.3 Å². The second-order valence-corrected chi connectivity index (χ2v) is 8.37. The molecule has 0 saturated carbocycles. The summed E-state index contributed by atoms with van der Waals surface area (Å²) in [6.45, 7) is 1.66. The number of hydrogen-bond donors (Lipinski definition) is 3. The van der Waals surface area contributed by atoms with E-state index in [-0.39, 0.29) is 23.1 Å². The molecular formula is C24H21F2N3O3S. The Kier molecular flexibility index (Phi) is 8.15. The predicted octanol–water partition coefficient (Wildman–Crippen LogP) is 4.92. The van der Waals surface area contributed by atoms with Crippen LogP contribution in [0.4, 0.5) is 25.8 Å². The van der Waals surface area contributed by atoms with Crippen molar-refractivity contribution in [2.75, 3.05) is 21.7 Å². The summed E-state index contributed by atoms with van der Waals surface area (Å²) < 4.78 is 26.2. The van der Waals surface area contributed by atoms with E-state index in [0.717, 1.165) is 11.8 Å². The Morgan fingerprint density at radius 2 is 1.45 bits per heavy atom. The maximum Gasteiger partial charge on any atom is 0.255 e. The van der Waals surface area contributed by atoms with Crippen LogP contribution in [-0.4, -0.2) is 28.7 Å². The minimum atomic E-state index is -0.547. The van der Waals surface area contributed by atoms with E-state index in [9.17, 15) is 23.2 Å². The minimum Gasteiger partial charge on any atom is -0.325 e. The normalized spacial score (nSPS) is 11.4. The largest absolute Gasteiger partial charge is 0.325 e. The van der Waals surface area contributed by atoms with Gasteiger partial charge >= 0.3 is 0 Å². The number of hydrogen-bond acceptors (Lipinski definition) is 4. The number of rotatable bonds is 8. The number of carbonyl (C=O) groups is 3. The van der Waals surface area contributed by atoms with Gasteiger partial charge in [0.2, 0.25) is 11.8 Å². The van der Waals surface area contributed by atoms with Gasteiger partial charge in [-0.3, -0.25) is 14.4 Å². The Hall–Kier alpha value is -3.72. The standard InChI is InChI=1S/C24H21F2N3O3S/c1-15(33-14-22(30)27-19-10-8-17(25)9-11-19)23(31)28-20-6-2-4-16(12-20)24(32)29-21-7-3-5-18(26)13-21/h2-13,15H,14H2,1H3,(H,27,30)(H,28,31)(H,29,32). The van der Waals surface area contributed by atoms with E-state index in [4.69, 9.17) is 0 Å². The molecule has 0 heterocycles. The zero-order valence-electron chi connectivity index (χ0n) is 17.6. The van der Waals surface area contributed by atoms with Crippen molar-refractivity contribution in [2.45, 2.75) is 12.2 Å². The fourth-order valence-corrected chi connectivity index (χ4v) is 3.44. The van der Waals surface area contributed by atoms with Crippen molar-refractivity contribution in [1.82, 2.24) is 0 Å². The molecule has 0 spiro atoms. The summed E-state index contributed by atoms with van der Waals surface area (Å²) in [6.07, 6.45) is 0. The maximum absolute atomic E-state index is 13.3. The van der Waals surface area contributed by atoms with Crippen molar-refractivity contribution in [2.24, 2.45) is 0 Å². The molecular weight excluding hydrogens is 448 g/mol. The van der Waals surface area contributed by atoms with E-state index in [1.807, 2.05) is 0 Å². The molecule has 3 rings (SSSR count). The van der Waals surface area contributed by atoms with E-state index in [1.165, 1.54) is 48.5 Å². The summed E-state index contributed by atoms with van der Waals surface area (Å²) >= 11 is 1.13. The molecule has 170 valence electrons. The van der Waals surface area contributed by atoms with E-state index >= 15 is 0 Å². The average molecular weight is 470 g/mol. The quantitative estimate of drug-likeness (QED) is 0.437. The molecule has 3 aromatic rings. The summed E-state index contributed by atoms with van der Waals surface area (Å²) in [5.41, 5.74) is 1.48. The SMILES string of the molecule is CC(SCC(=O)Nc1ccc(F)cc1)C(=O)Nc1cccc(C(=O)Nc2cccc(F)c2)c1. The first-order valence-corrected chi connectivity index (χ1v) is 11.0. The lowest BCUT2D eigenvalue weighted by molar-refractivity contribution is -0.115. The topological polar surface area (TPSA) is 87.3 Å². The van der Waals surface area contributed by atoms with Gasteiger partial charge in [0.1, 0.15) is 11.6 Å². The van der Waals surface area contributed by atoms with E-state index < -0.39 is 22.8 Å². The van der Waals surface area contributed by atoms with Crippen LogP contribution in [0.5, 0.6) is 0 Å². The van der Waals surface area contributed by atoms with Crippen LogP contribution >= 0.6 is 11.8 Å². The number of amides is 3. The van der Waals surface area contributed by atoms with Crippen LogP contribution < -0.4 is 16.0 Å². The molecule has 0 aliphatic rings. The molecule has 33 heavy (non-hydrogen) atoms. The fourth-order valence-electron chi connectivity index (χ4n) is 2.76. The summed E-state index contributed by atoms with van der Waals surface area (Å²) in [5.74, 6) is -1.94. The van der Waals surface area contributed by atoms with Gasteiger partial charge in [-0.1, -0.05) is 12.1 Å². The van der Waals surface area contributed by atoms with E-state index in [0.29, 0.717) is 17.1 Å². The van der Waals surface area contributed by atoms with Crippen molar-refractivity contribution in [3.63, 3.8) is 0 Å². The van der Waals surface area contributed by atoms with E-state index in [1.54, 1.807) is 31.2 Å². The van der Waals surface area contributed by atoms with Gasteiger partial charge in [-0.25, -0.2) is 8.78 Å². The van der Waals surface area contributed by atoms with Crippen LogP contribution in [0.3, 0.4) is 0 Å². The molecule has 1 unspecified atom stereocenters. The molecule has 9 heteroatoms. The van der Waals surface area contributed by atoms with Gasteiger partial charge < -0.3 is 16.0 Å². The smallest absolute Gasteiger partial charge is 0.255 e. The molecule has 0 fully saturated rings. The minimum absolute atomic E-state index is 0.0298. The van der Waals surface area contributed by atoms with Gasteiger partial charge in [-0.05, 0) is 67.6 Å². The summed E-state index contributed by atoms with van der Waals surface area (Å²) in [5, 5.41) is 7.40. The summed E-state index contributed by atoms with van der Waals surface area (Å²) in [7, 11) is 0. The van der Waals surface area contributed by atoms with Gasteiger partial charge in [0.05, 0.1) is 11.0 Å². The maximum atomic E-state index is 13.3. The van der Waals surface area contributed by atoms with Gasteiger partial charge in [0.15, 0.2) is 0 Å². The van der Waals surface area contributed by atoms with Gasteiger partial charge in [0.25, 0.3) is 5.91 Å². The Bertz CT molecular complexity index is 1160. The highest BCUT2D eigenvalue weighted by Crippen LogP contribution is 2.18. The molecule has 0 bridgehead atoms. The molecule has 0 radical (unpaired) electrons. The molecule has 3 amide bonds. The Morgan fingerprint density at radius 1 is 0.788 bits per heavy atom. The third kappa shape index (κ3) is 7.43. The lowest BCUT2D eigenvalue weighted by atomic mass is 10.1. The van der Waals surface area contributed by atoms with Crippen LogP contribution in [-0.2, 0) is 9.59 Å². The Labute approximate surface area is 193 Å².